The van der Waals surface area contributed by atoms with Crippen molar-refractivity contribution in [3.05, 3.63) is 48.4 Å². The Morgan fingerprint density at radius 1 is 1.24 bits per heavy atom. The molecule has 25 heavy (non-hydrogen) atoms. The van der Waals surface area contributed by atoms with Gasteiger partial charge in [-0.05, 0) is 24.3 Å². The number of rotatable bonds is 3. The Labute approximate surface area is 141 Å². The third-order valence-corrected chi connectivity index (χ3v) is 3.72. The SMILES string of the molecule is O=C(Nc1ccc(C(F)(F)F)cc1)N1CCC(Oc2cnccn2)C1. The first-order chi connectivity index (χ1) is 11.9. The van der Waals surface area contributed by atoms with E-state index in [1.165, 1.54) is 30.7 Å². The number of anilines is 1. The molecule has 0 radical (unpaired) electrons. The summed E-state index contributed by atoms with van der Waals surface area (Å²) in [5.74, 6) is 0.387. The third kappa shape index (κ3) is 4.37. The Morgan fingerprint density at radius 2 is 2.00 bits per heavy atom. The van der Waals surface area contributed by atoms with E-state index in [2.05, 4.69) is 15.3 Å². The highest BCUT2D eigenvalue weighted by Crippen LogP contribution is 2.30. The number of benzene rings is 1. The number of aromatic nitrogens is 2. The van der Waals surface area contributed by atoms with Crippen molar-refractivity contribution in [2.24, 2.45) is 0 Å². The zero-order valence-electron chi connectivity index (χ0n) is 13.0. The first kappa shape index (κ1) is 17.0. The van der Waals surface area contributed by atoms with Gasteiger partial charge >= 0.3 is 12.2 Å². The molecule has 1 saturated heterocycles. The maximum atomic E-state index is 12.5. The van der Waals surface area contributed by atoms with Crippen LogP contribution in [0.4, 0.5) is 23.7 Å². The third-order valence-electron chi connectivity index (χ3n) is 3.72. The van der Waals surface area contributed by atoms with Gasteiger partial charge in [0.2, 0.25) is 5.88 Å². The standard InChI is InChI=1S/C16H15F3N4O2/c17-16(18,19)11-1-3-12(4-2-11)22-15(24)23-8-5-13(10-23)25-14-9-20-6-7-21-14/h1-4,6-7,9,13H,5,8,10H2,(H,22,24). The lowest BCUT2D eigenvalue weighted by Gasteiger charge is -2.18. The molecule has 1 fully saturated rings. The number of carbonyl (C=O) groups is 1. The molecule has 2 amide bonds. The normalized spacial score (nSPS) is 17.4. The van der Waals surface area contributed by atoms with Gasteiger partial charge in [0, 0.05) is 31.0 Å². The number of nitrogens with one attached hydrogen (secondary N) is 1. The van der Waals surface area contributed by atoms with E-state index in [-0.39, 0.29) is 12.1 Å². The molecule has 0 bridgehead atoms. The molecule has 1 N–H and O–H groups in total. The van der Waals surface area contributed by atoms with Crippen molar-refractivity contribution in [1.82, 2.24) is 14.9 Å². The number of hydrogen-bond donors (Lipinski definition) is 1. The Morgan fingerprint density at radius 3 is 2.64 bits per heavy atom. The molecule has 0 saturated carbocycles. The number of halogens is 3. The fraction of sp³-hybridized carbons (Fsp3) is 0.312. The summed E-state index contributed by atoms with van der Waals surface area (Å²) in [5.41, 5.74) is -0.458. The number of ether oxygens (including phenoxy) is 1. The van der Waals surface area contributed by atoms with Crippen molar-refractivity contribution in [3.63, 3.8) is 0 Å². The van der Waals surface area contributed by atoms with Gasteiger partial charge in [-0.3, -0.25) is 4.98 Å². The van der Waals surface area contributed by atoms with Crippen LogP contribution in [-0.4, -0.2) is 40.1 Å². The van der Waals surface area contributed by atoms with Gasteiger partial charge < -0.3 is 15.0 Å². The van der Waals surface area contributed by atoms with Crippen molar-refractivity contribution in [2.45, 2.75) is 18.7 Å². The summed E-state index contributed by atoms with van der Waals surface area (Å²) in [4.78, 5) is 21.7. The van der Waals surface area contributed by atoms with Crippen molar-refractivity contribution in [3.8, 4) is 5.88 Å². The molecule has 9 heteroatoms. The first-order valence-electron chi connectivity index (χ1n) is 7.58. The molecule has 1 atom stereocenters. The molecular formula is C16H15F3N4O2. The van der Waals surface area contributed by atoms with Crippen LogP contribution in [-0.2, 0) is 6.18 Å². The molecular weight excluding hydrogens is 337 g/mol. The predicted octanol–water partition coefficient (Wildman–Crippen LogP) is 3.18. The Kier molecular flexibility index (Phi) is 4.73. The molecule has 2 aromatic rings. The molecule has 1 aromatic carbocycles. The zero-order valence-corrected chi connectivity index (χ0v) is 13.0. The lowest BCUT2D eigenvalue weighted by molar-refractivity contribution is -0.137. The van der Waals surface area contributed by atoms with Crippen LogP contribution < -0.4 is 10.1 Å². The van der Waals surface area contributed by atoms with Crippen molar-refractivity contribution < 1.29 is 22.7 Å². The van der Waals surface area contributed by atoms with Crippen LogP contribution in [0.15, 0.2) is 42.9 Å². The van der Waals surface area contributed by atoms with Gasteiger partial charge in [0.15, 0.2) is 0 Å². The summed E-state index contributed by atoms with van der Waals surface area (Å²) in [6, 6.07) is 3.93. The van der Waals surface area contributed by atoms with Crippen molar-refractivity contribution in [1.29, 1.82) is 0 Å². The summed E-state index contributed by atoms with van der Waals surface area (Å²) < 4.78 is 43.2. The van der Waals surface area contributed by atoms with E-state index in [0.29, 0.717) is 31.1 Å². The van der Waals surface area contributed by atoms with Gasteiger partial charge in [0.1, 0.15) is 6.10 Å². The number of carbonyl (C=O) groups excluding carboxylic acids is 1. The van der Waals surface area contributed by atoms with E-state index in [0.717, 1.165) is 12.1 Å². The highest BCUT2D eigenvalue weighted by molar-refractivity contribution is 5.89. The molecule has 1 aliphatic heterocycles. The summed E-state index contributed by atoms with van der Waals surface area (Å²) in [6.45, 7) is 0.848. The molecule has 6 nitrogen and oxygen atoms in total. The number of nitrogens with zero attached hydrogens (tertiary/aromatic N) is 3. The largest absolute Gasteiger partial charge is 0.471 e. The summed E-state index contributed by atoms with van der Waals surface area (Å²) >= 11 is 0. The van der Waals surface area contributed by atoms with E-state index < -0.39 is 11.7 Å². The maximum absolute atomic E-state index is 12.5. The smallest absolute Gasteiger partial charge is 0.416 e. The fourth-order valence-electron chi connectivity index (χ4n) is 2.47. The van der Waals surface area contributed by atoms with E-state index in [4.69, 9.17) is 4.74 Å². The molecule has 0 aliphatic carbocycles. The maximum Gasteiger partial charge on any atom is 0.416 e. The zero-order chi connectivity index (χ0) is 17.9. The summed E-state index contributed by atoms with van der Waals surface area (Å²) in [6.07, 6.45) is 0.574. The number of alkyl halides is 3. The predicted molar refractivity (Wildman–Crippen MR) is 83.1 cm³/mol. The number of amides is 2. The second-order valence-corrected chi connectivity index (χ2v) is 5.52. The highest BCUT2D eigenvalue weighted by Gasteiger charge is 2.30. The minimum atomic E-state index is -4.40. The van der Waals surface area contributed by atoms with Gasteiger partial charge in [-0.1, -0.05) is 0 Å². The van der Waals surface area contributed by atoms with Crippen LogP contribution in [0.5, 0.6) is 5.88 Å². The van der Waals surface area contributed by atoms with Crippen LogP contribution in [0.25, 0.3) is 0 Å². The Hall–Kier alpha value is -2.84. The molecule has 2 heterocycles. The average molecular weight is 352 g/mol. The summed E-state index contributed by atoms with van der Waals surface area (Å²) in [7, 11) is 0. The van der Waals surface area contributed by atoms with E-state index in [1.54, 1.807) is 4.90 Å². The van der Waals surface area contributed by atoms with Crippen molar-refractivity contribution >= 4 is 11.7 Å². The van der Waals surface area contributed by atoms with Crippen LogP contribution in [0.1, 0.15) is 12.0 Å². The van der Waals surface area contributed by atoms with E-state index in [9.17, 15) is 18.0 Å². The van der Waals surface area contributed by atoms with Crippen LogP contribution >= 0.6 is 0 Å². The summed E-state index contributed by atoms with van der Waals surface area (Å²) in [5, 5.41) is 2.58. The molecule has 0 spiro atoms. The lowest BCUT2D eigenvalue weighted by atomic mass is 10.2. The number of likely N-dealkylation sites (tertiary alicyclic amines) is 1. The van der Waals surface area contributed by atoms with Gasteiger partial charge in [0.25, 0.3) is 0 Å². The molecule has 3 rings (SSSR count). The topological polar surface area (TPSA) is 67.4 Å². The van der Waals surface area contributed by atoms with E-state index in [1.807, 2.05) is 0 Å². The van der Waals surface area contributed by atoms with Crippen LogP contribution in [0.2, 0.25) is 0 Å². The first-order valence-corrected chi connectivity index (χ1v) is 7.58. The minimum absolute atomic E-state index is 0.199. The van der Waals surface area contributed by atoms with E-state index >= 15 is 0 Å². The second-order valence-electron chi connectivity index (χ2n) is 5.52. The van der Waals surface area contributed by atoms with Gasteiger partial charge in [-0.2, -0.15) is 13.2 Å². The second kappa shape index (κ2) is 6.96. The molecule has 1 aliphatic rings. The Balaban J connectivity index is 1.54. The fourth-order valence-corrected chi connectivity index (χ4v) is 2.47. The van der Waals surface area contributed by atoms with Crippen LogP contribution in [0.3, 0.4) is 0 Å². The van der Waals surface area contributed by atoms with Crippen LogP contribution in [0, 0.1) is 0 Å². The minimum Gasteiger partial charge on any atom is -0.471 e. The monoisotopic (exact) mass is 352 g/mol. The quantitative estimate of drug-likeness (QED) is 0.921. The molecule has 1 unspecified atom stereocenters. The van der Waals surface area contributed by atoms with Crippen molar-refractivity contribution in [2.75, 3.05) is 18.4 Å². The van der Waals surface area contributed by atoms with Gasteiger partial charge in [0.05, 0.1) is 18.3 Å². The average Bonchev–Trinajstić information content (AvgIpc) is 3.04. The van der Waals surface area contributed by atoms with Gasteiger partial charge in [-0.25, -0.2) is 9.78 Å². The molecule has 132 valence electrons. The molecule has 1 aromatic heterocycles. The number of hydrogen-bond acceptors (Lipinski definition) is 4. The highest BCUT2D eigenvalue weighted by atomic mass is 19.4. The lowest BCUT2D eigenvalue weighted by Crippen LogP contribution is -2.34. The van der Waals surface area contributed by atoms with Gasteiger partial charge in [-0.15, -0.1) is 0 Å². The Bertz CT molecular complexity index is 722. The number of urea groups is 1.